The van der Waals surface area contributed by atoms with E-state index in [9.17, 15) is 5.11 Å². The second-order valence-corrected chi connectivity index (χ2v) is 7.45. The average molecular weight is 472 g/mol. The molecular formula is C25H30ClN3O4. The fourth-order valence-electron chi connectivity index (χ4n) is 3.59. The molecule has 0 amide bonds. The van der Waals surface area contributed by atoms with Gasteiger partial charge in [0.05, 0.1) is 5.52 Å². The number of hydrogen-bond donors (Lipinski definition) is 4. The molecule has 0 radical (unpaired) electrons. The van der Waals surface area contributed by atoms with Crippen LogP contribution < -0.4 is 25.3 Å². The standard InChI is InChI=1S/C25H29N3O4.ClH/c26-12-14-30-22-9-3-4-10-23(22)31-15-13-27-16-18(29)17-32-24-11-5-8-21-25(24)19-6-1-2-7-20(19)28-21;/h1-11,18,27-29H,12-17,26H2;1H. The van der Waals surface area contributed by atoms with Gasteiger partial charge in [0.2, 0.25) is 0 Å². The van der Waals surface area contributed by atoms with Crippen LogP contribution in [0.25, 0.3) is 21.8 Å². The van der Waals surface area contributed by atoms with Crippen molar-refractivity contribution in [3.05, 3.63) is 66.7 Å². The molecule has 1 aromatic heterocycles. The van der Waals surface area contributed by atoms with E-state index in [0.717, 1.165) is 27.6 Å². The highest BCUT2D eigenvalue weighted by molar-refractivity contribution is 6.10. The van der Waals surface area contributed by atoms with Crippen molar-refractivity contribution in [2.24, 2.45) is 5.73 Å². The number of aliphatic hydroxyl groups excluding tert-OH is 1. The van der Waals surface area contributed by atoms with E-state index in [4.69, 9.17) is 19.9 Å². The van der Waals surface area contributed by atoms with Crippen LogP contribution in [-0.2, 0) is 0 Å². The molecule has 176 valence electrons. The number of ether oxygens (including phenoxy) is 3. The quantitative estimate of drug-likeness (QED) is 0.236. The Hall–Kier alpha value is -2.97. The van der Waals surface area contributed by atoms with E-state index < -0.39 is 6.10 Å². The van der Waals surface area contributed by atoms with Gasteiger partial charge in [0.15, 0.2) is 11.5 Å². The lowest BCUT2D eigenvalue weighted by Gasteiger charge is -2.15. The number of nitrogens with two attached hydrogens (primary N) is 1. The molecule has 0 bridgehead atoms. The Morgan fingerprint density at radius 2 is 1.48 bits per heavy atom. The Kier molecular flexibility index (Phi) is 9.21. The summed E-state index contributed by atoms with van der Waals surface area (Å²) in [5, 5.41) is 15.7. The van der Waals surface area contributed by atoms with Gasteiger partial charge in [-0.15, -0.1) is 12.4 Å². The second-order valence-electron chi connectivity index (χ2n) is 7.45. The Bertz CT molecular complexity index is 1150. The Morgan fingerprint density at radius 3 is 2.27 bits per heavy atom. The van der Waals surface area contributed by atoms with E-state index in [1.807, 2.05) is 60.7 Å². The van der Waals surface area contributed by atoms with Gasteiger partial charge in [-0.25, -0.2) is 0 Å². The zero-order chi connectivity index (χ0) is 22.2. The normalized spacial score (nSPS) is 11.8. The van der Waals surface area contributed by atoms with Gasteiger partial charge in [0.1, 0.15) is 31.7 Å². The first-order valence-corrected chi connectivity index (χ1v) is 10.8. The molecule has 0 aliphatic carbocycles. The zero-order valence-corrected chi connectivity index (χ0v) is 19.1. The van der Waals surface area contributed by atoms with Gasteiger partial charge in [0.25, 0.3) is 0 Å². The number of H-pyrrole nitrogens is 1. The summed E-state index contributed by atoms with van der Waals surface area (Å²) in [5.74, 6) is 2.12. The highest BCUT2D eigenvalue weighted by atomic mass is 35.5. The molecule has 1 heterocycles. The van der Waals surface area contributed by atoms with E-state index in [-0.39, 0.29) is 19.0 Å². The molecule has 0 saturated heterocycles. The Morgan fingerprint density at radius 1 is 0.818 bits per heavy atom. The van der Waals surface area contributed by atoms with Gasteiger partial charge >= 0.3 is 0 Å². The van der Waals surface area contributed by atoms with Crippen LogP contribution >= 0.6 is 12.4 Å². The van der Waals surface area contributed by atoms with Crippen LogP contribution in [0.2, 0.25) is 0 Å². The lowest BCUT2D eigenvalue weighted by molar-refractivity contribution is 0.106. The van der Waals surface area contributed by atoms with Crippen LogP contribution in [0.4, 0.5) is 0 Å². The molecule has 7 nitrogen and oxygen atoms in total. The Labute approximate surface area is 199 Å². The Balaban J connectivity index is 0.00000306. The predicted molar refractivity (Wildman–Crippen MR) is 134 cm³/mol. The molecule has 1 atom stereocenters. The fourth-order valence-corrected chi connectivity index (χ4v) is 3.59. The van der Waals surface area contributed by atoms with Crippen molar-refractivity contribution in [2.75, 3.05) is 39.5 Å². The van der Waals surface area contributed by atoms with Gasteiger partial charge in [0, 0.05) is 35.9 Å². The van der Waals surface area contributed by atoms with Crippen LogP contribution in [-0.4, -0.2) is 55.6 Å². The molecule has 0 aliphatic heterocycles. The van der Waals surface area contributed by atoms with Gasteiger partial charge in [-0.3, -0.25) is 0 Å². The van der Waals surface area contributed by atoms with E-state index in [1.54, 1.807) is 0 Å². The van der Waals surface area contributed by atoms with Crippen molar-refractivity contribution in [1.29, 1.82) is 0 Å². The first-order valence-electron chi connectivity index (χ1n) is 10.8. The number of hydrogen-bond acceptors (Lipinski definition) is 6. The molecule has 1 unspecified atom stereocenters. The van der Waals surface area contributed by atoms with Crippen molar-refractivity contribution in [1.82, 2.24) is 10.3 Å². The molecule has 0 saturated carbocycles. The third-order valence-electron chi connectivity index (χ3n) is 5.06. The van der Waals surface area contributed by atoms with Crippen LogP contribution in [0.3, 0.4) is 0 Å². The molecule has 4 aromatic rings. The molecule has 0 spiro atoms. The fraction of sp³-hybridized carbons (Fsp3) is 0.280. The molecule has 5 N–H and O–H groups in total. The van der Waals surface area contributed by atoms with Crippen molar-refractivity contribution >= 4 is 34.2 Å². The molecule has 8 heteroatoms. The number of aliphatic hydroxyl groups is 1. The second kappa shape index (κ2) is 12.3. The summed E-state index contributed by atoms with van der Waals surface area (Å²) in [7, 11) is 0. The smallest absolute Gasteiger partial charge is 0.161 e. The average Bonchev–Trinajstić information content (AvgIpc) is 3.21. The van der Waals surface area contributed by atoms with E-state index in [2.05, 4.69) is 16.4 Å². The monoisotopic (exact) mass is 471 g/mol. The maximum Gasteiger partial charge on any atom is 0.161 e. The lowest BCUT2D eigenvalue weighted by atomic mass is 10.1. The lowest BCUT2D eigenvalue weighted by Crippen LogP contribution is -2.33. The summed E-state index contributed by atoms with van der Waals surface area (Å²) >= 11 is 0. The topological polar surface area (TPSA) is 102 Å². The molecule has 3 aromatic carbocycles. The van der Waals surface area contributed by atoms with Crippen molar-refractivity contribution in [3.63, 3.8) is 0 Å². The predicted octanol–water partition coefficient (Wildman–Crippen LogP) is 3.49. The summed E-state index contributed by atoms with van der Waals surface area (Å²) in [4.78, 5) is 3.40. The number of nitrogens with one attached hydrogen (secondary N) is 2. The maximum absolute atomic E-state index is 10.3. The van der Waals surface area contributed by atoms with Crippen molar-refractivity contribution < 1.29 is 19.3 Å². The largest absolute Gasteiger partial charge is 0.490 e. The van der Waals surface area contributed by atoms with Crippen LogP contribution in [0, 0.1) is 0 Å². The first kappa shape index (κ1) is 24.7. The number of fused-ring (bicyclic) bond motifs is 3. The highest BCUT2D eigenvalue weighted by Crippen LogP contribution is 2.33. The maximum atomic E-state index is 10.3. The zero-order valence-electron chi connectivity index (χ0n) is 18.3. The minimum Gasteiger partial charge on any atom is -0.490 e. The molecule has 0 fully saturated rings. The number of para-hydroxylation sites is 3. The van der Waals surface area contributed by atoms with Gasteiger partial charge < -0.3 is 35.4 Å². The summed E-state index contributed by atoms with van der Waals surface area (Å²) < 4.78 is 17.3. The van der Waals surface area contributed by atoms with Crippen molar-refractivity contribution in [2.45, 2.75) is 6.10 Å². The number of aromatic amines is 1. The van der Waals surface area contributed by atoms with E-state index in [1.165, 1.54) is 0 Å². The summed E-state index contributed by atoms with van der Waals surface area (Å²) in [5.41, 5.74) is 7.57. The van der Waals surface area contributed by atoms with Gasteiger partial charge in [-0.05, 0) is 30.3 Å². The minimum absolute atomic E-state index is 0. The number of benzene rings is 3. The van der Waals surface area contributed by atoms with E-state index in [0.29, 0.717) is 44.3 Å². The van der Waals surface area contributed by atoms with Gasteiger partial charge in [-0.2, -0.15) is 0 Å². The molecular weight excluding hydrogens is 442 g/mol. The highest BCUT2D eigenvalue weighted by Gasteiger charge is 2.11. The summed E-state index contributed by atoms with van der Waals surface area (Å²) in [6.07, 6.45) is -0.643. The molecule has 0 aliphatic rings. The SMILES string of the molecule is Cl.NCCOc1ccccc1OCCNCC(O)COc1cccc2[nH]c3ccccc3c12. The number of halogens is 1. The van der Waals surface area contributed by atoms with Crippen LogP contribution in [0.15, 0.2) is 66.7 Å². The number of aromatic nitrogens is 1. The molecule has 4 rings (SSSR count). The first-order chi connectivity index (χ1) is 15.8. The van der Waals surface area contributed by atoms with Gasteiger partial charge in [-0.1, -0.05) is 36.4 Å². The molecule has 33 heavy (non-hydrogen) atoms. The number of rotatable bonds is 12. The minimum atomic E-state index is -0.643. The summed E-state index contributed by atoms with van der Waals surface area (Å²) in [6, 6.07) is 21.5. The third-order valence-corrected chi connectivity index (χ3v) is 5.06. The van der Waals surface area contributed by atoms with E-state index >= 15 is 0 Å². The summed E-state index contributed by atoms with van der Waals surface area (Å²) in [6.45, 7) is 2.52. The van der Waals surface area contributed by atoms with Crippen LogP contribution in [0.1, 0.15) is 0 Å². The van der Waals surface area contributed by atoms with Crippen LogP contribution in [0.5, 0.6) is 17.2 Å². The third kappa shape index (κ3) is 6.30. The van der Waals surface area contributed by atoms with Crippen molar-refractivity contribution in [3.8, 4) is 17.2 Å².